The molecule has 20 heavy (non-hydrogen) atoms. The van der Waals surface area contributed by atoms with Crippen molar-refractivity contribution >= 4 is 11.3 Å². The molecule has 0 radical (unpaired) electrons. The highest BCUT2D eigenvalue weighted by Gasteiger charge is 2.28. The minimum absolute atomic E-state index is 0.517. The minimum atomic E-state index is 0.517. The molecule has 0 spiro atoms. The fourth-order valence-corrected chi connectivity index (χ4v) is 3.06. The lowest BCUT2D eigenvalue weighted by atomic mass is 9.90. The molecule has 3 nitrogen and oxygen atoms in total. The Bertz CT molecular complexity index is 540. The second-order valence-corrected chi connectivity index (χ2v) is 5.77. The van der Waals surface area contributed by atoms with Gasteiger partial charge in [-0.1, -0.05) is 6.58 Å². The molecule has 1 aromatic rings. The van der Waals surface area contributed by atoms with E-state index in [1.807, 2.05) is 25.2 Å². The quantitative estimate of drug-likeness (QED) is 0.911. The van der Waals surface area contributed by atoms with E-state index in [-0.39, 0.29) is 0 Å². The van der Waals surface area contributed by atoms with Crippen LogP contribution in [0.1, 0.15) is 30.4 Å². The first-order valence-corrected chi connectivity index (χ1v) is 7.14. The molecule has 2 rings (SSSR count). The number of nitrogens with zero attached hydrogens (tertiary/aromatic N) is 2. The van der Waals surface area contributed by atoms with Crippen LogP contribution in [0.3, 0.4) is 0 Å². The Morgan fingerprint density at radius 3 is 2.70 bits per heavy atom. The number of hydrogen-bond acceptors (Lipinski definition) is 3. The Morgan fingerprint density at radius 2 is 2.15 bits per heavy atom. The normalized spacial score (nSPS) is 21.8. The molecule has 1 N–H and O–H groups in total. The predicted molar refractivity (Wildman–Crippen MR) is 84.6 cm³/mol. The number of rotatable bonds is 4. The Morgan fingerprint density at radius 1 is 1.40 bits per heavy atom. The van der Waals surface area contributed by atoms with Gasteiger partial charge in [-0.15, -0.1) is 0 Å². The van der Waals surface area contributed by atoms with Crippen molar-refractivity contribution in [2.75, 3.05) is 26.5 Å². The van der Waals surface area contributed by atoms with Crippen molar-refractivity contribution < 1.29 is 0 Å². The largest absolute Gasteiger partial charge is 0.388 e. The Balaban J connectivity index is 2.23. The summed E-state index contributed by atoms with van der Waals surface area (Å²) in [6.07, 6.45) is 3.57. The maximum atomic E-state index is 9.08. The summed E-state index contributed by atoms with van der Waals surface area (Å²) < 4.78 is 0. The molecule has 2 atom stereocenters. The lowest BCUT2D eigenvalue weighted by molar-refractivity contribution is 0.296. The summed E-state index contributed by atoms with van der Waals surface area (Å²) in [6.45, 7) is 4.32. The lowest BCUT2D eigenvalue weighted by Gasteiger charge is -2.21. The van der Waals surface area contributed by atoms with Crippen LogP contribution in [0.15, 0.2) is 24.8 Å². The van der Waals surface area contributed by atoms with Gasteiger partial charge in [0, 0.05) is 24.3 Å². The van der Waals surface area contributed by atoms with Crippen molar-refractivity contribution in [1.29, 1.82) is 5.26 Å². The molecule has 1 fully saturated rings. The van der Waals surface area contributed by atoms with Gasteiger partial charge >= 0.3 is 0 Å². The molecule has 0 saturated heterocycles. The number of hydrogen-bond donors (Lipinski definition) is 1. The van der Waals surface area contributed by atoms with Crippen molar-refractivity contribution in [2.45, 2.75) is 25.3 Å². The first-order chi connectivity index (χ1) is 9.56. The van der Waals surface area contributed by atoms with Crippen LogP contribution < -0.4 is 5.32 Å². The molecule has 0 aromatic heterocycles. The third-order valence-electron chi connectivity index (χ3n) is 4.39. The van der Waals surface area contributed by atoms with E-state index in [1.165, 1.54) is 12.8 Å². The van der Waals surface area contributed by atoms with Crippen molar-refractivity contribution in [1.82, 2.24) is 4.90 Å². The van der Waals surface area contributed by atoms with Crippen LogP contribution in [0, 0.1) is 17.2 Å². The summed E-state index contributed by atoms with van der Waals surface area (Å²) in [7, 11) is 6.20. The fraction of sp³-hybridized carbons (Fsp3) is 0.471. The van der Waals surface area contributed by atoms with Crippen molar-refractivity contribution in [3.63, 3.8) is 0 Å². The van der Waals surface area contributed by atoms with Crippen LogP contribution in [0.25, 0.3) is 5.57 Å². The first kappa shape index (κ1) is 14.6. The first-order valence-electron chi connectivity index (χ1n) is 7.14. The maximum absolute atomic E-state index is 9.08. The van der Waals surface area contributed by atoms with Crippen LogP contribution in [-0.2, 0) is 0 Å². The third kappa shape index (κ3) is 2.86. The molecule has 1 aromatic carbocycles. The molecular formula is C17H23N3. The SMILES string of the molecule is C=C(c1cc(C#N)ccc1NC)C1CCC(N(C)C)C1. The van der Waals surface area contributed by atoms with E-state index in [1.54, 1.807) is 0 Å². The standard InChI is InChI=1S/C17H23N3/c1-12(14-6-7-15(10-14)20(3)4)16-9-13(11-18)5-8-17(16)19-2/h5,8-9,14-15,19H,1,6-7,10H2,2-4H3. The molecule has 106 valence electrons. The van der Waals surface area contributed by atoms with E-state index >= 15 is 0 Å². The van der Waals surface area contributed by atoms with Gasteiger partial charge in [-0.25, -0.2) is 0 Å². The highest BCUT2D eigenvalue weighted by atomic mass is 15.1. The molecule has 0 aliphatic heterocycles. The number of nitrogens with one attached hydrogen (secondary N) is 1. The zero-order chi connectivity index (χ0) is 14.7. The van der Waals surface area contributed by atoms with Gasteiger partial charge in [0.1, 0.15) is 0 Å². The zero-order valence-electron chi connectivity index (χ0n) is 12.6. The van der Waals surface area contributed by atoms with Gasteiger partial charge in [0.25, 0.3) is 0 Å². The van der Waals surface area contributed by atoms with Crippen molar-refractivity contribution in [3.05, 3.63) is 35.9 Å². The number of allylic oxidation sites excluding steroid dienone is 1. The van der Waals surface area contributed by atoms with E-state index in [2.05, 4.69) is 37.0 Å². The summed E-state index contributed by atoms with van der Waals surface area (Å²) in [4.78, 5) is 2.30. The minimum Gasteiger partial charge on any atom is -0.388 e. The predicted octanol–water partition coefficient (Wildman–Crippen LogP) is 3.34. The van der Waals surface area contributed by atoms with E-state index < -0.39 is 0 Å². The smallest absolute Gasteiger partial charge is 0.0991 e. The Kier molecular flexibility index (Phi) is 4.46. The molecule has 1 aliphatic carbocycles. The van der Waals surface area contributed by atoms with Crippen molar-refractivity contribution in [3.8, 4) is 6.07 Å². The lowest BCUT2D eigenvalue weighted by Crippen LogP contribution is -2.24. The van der Waals surface area contributed by atoms with Gasteiger partial charge in [0.15, 0.2) is 0 Å². The van der Waals surface area contributed by atoms with Gasteiger partial charge < -0.3 is 10.2 Å². The van der Waals surface area contributed by atoms with Gasteiger partial charge in [0.2, 0.25) is 0 Å². The number of nitriles is 1. The summed E-state index contributed by atoms with van der Waals surface area (Å²) in [6, 6.07) is 8.63. The molecule has 3 heteroatoms. The molecule has 0 heterocycles. The molecule has 1 aliphatic rings. The number of anilines is 1. The summed E-state index contributed by atoms with van der Waals surface area (Å²) in [5.74, 6) is 0.517. The van der Waals surface area contributed by atoms with Gasteiger partial charge in [-0.3, -0.25) is 0 Å². The van der Waals surface area contributed by atoms with Gasteiger partial charge in [0.05, 0.1) is 11.6 Å². The topological polar surface area (TPSA) is 39.1 Å². The van der Waals surface area contributed by atoms with E-state index in [9.17, 15) is 0 Å². The Labute approximate surface area is 121 Å². The van der Waals surface area contributed by atoms with Crippen LogP contribution in [0.5, 0.6) is 0 Å². The summed E-state index contributed by atoms with van der Waals surface area (Å²) in [5, 5.41) is 12.3. The highest BCUT2D eigenvalue weighted by molar-refractivity contribution is 5.77. The molecule has 0 bridgehead atoms. The molecule has 0 amide bonds. The van der Waals surface area contributed by atoms with E-state index in [0.29, 0.717) is 17.5 Å². The zero-order valence-corrected chi connectivity index (χ0v) is 12.6. The Hall–Kier alpha value is -1.79. The highest BCUT2D eigenvalue weighted by Crippen LogP contribution is 2.39. The monoisotopic (exact) mass is 269 g/mol. The summed E-state index contributed by atoms with van der Waals surface area (Å²) >= 11 is 0. The fourth-order valence-electron chi connectivity index (χ4n) is 3.06. The molecule has 2 unspecified atom stereocenters. The molecular weight excluding hydrogens is 246 g/mol. The van der Waals surface area contributed by atoms with Crippen molar-refractivity contribution in [2.24, 2.45) is 5.92 Å². The average Bonchev–Trinajstić information content (AvgIpc) is 2.95. The van der Waals surface area contributed by atoms with E-state index in [4.69, 9.17) is 5.26 Å². The summed E-state index contributed by atoms with van der Waals surface area (Å²) in [5.41, 5.74) is 4.01. The van der Waals surface area contributed by atoms with Crippen LogP contribution in [0.2, 0.25) is 0 Å². The molecule has 1 saturated carbocycles. The maximum Gasteiger partial charge on any atom is 0.0991 e. The van der Waals surface area contributed by atoms with Crippen LogP contribution in [-0.4, -0.2) is 32.1 Å². The third-order valence-corrected chi connectivity index (χ3v) is 4.39. The van der Waals surface area contributed by atoms with Gasteiger partial charge in [-0.05, 0) is 63.0 Å². The van der Waals surface area contributed by atoms with Gasteiger partial charge in [-0.2, -0.15) is 5.26 Å². The van der Waals surface area contributed by atoms with Crippen LogP contribution >= 0.6 is 0 Å². The second kappa shape index (κ2) is 6.11. The van der Waals surface area contributed by atoms with E-state index in [0.717, 1.165) is 23.2 Å². The second-order valence-electron chi connectivity index (χ2n) is 5.77. The average molecular weight is 269 g/mol. The number of benzene rings is 1. The van der Waals surface area contributed by atoms with Crippen LogP contribution in [0.4, 0.5) is 5.69 Å².